The first-order valence-electron chi connectivity index (χ1n) is 8.61. The second kappa shape index (κ2) is 7.46. The molecule has 1 aromatic heterocycles. The first kappa shape index (κ1) is 17.1. The fraction of sp³-hybridized carbons (Fsp3) is 0.444. The number of imidazole rings is 1. The molecule has 0 amide bonds. The molecule has 1 aliphatic carbocycles. The number of nitro groups is 1. The number of esters is 1. The van der Waals surface area contributed by atoms with Crippen LogP contribution in [-0.4, -0.2) is 27.1 Å². The van der Waals surface area contributed by atoms with Gasteiger partial charge in [-0.25, -0.2) is 9.78 Å². The zero-order valence-electron chi connectivity index (χ0n) is 14.2. The zero-order chi connectivity index (χ0) is 17.8. The van der Waals surface area contributed by atoms with Crippen molar-refractivity contribution in [2.24, 2.45) is 0 Å². The van der Waals surface area contributed by atoms with Crippen molar-refractivity contribution in [1.29, 1.82) is 0 Å². The first-order valence-corrected chi connectivity index (χ1v) is 8.61. The summed E-state index contributed by atoms with van der Waals surface area (Å²) < 4.78 is 6.76. The standard InChI is InChI=1S/C18H21N3O4/c1-2-25-18(22)14-8-9-15(21(23)24)16(12-14)20-11-10-19-17(20)13-6-4-3-5-7-13/h8-13H,2-7H2,1H3. The molecule has 1 saturated carbocycles. The Balaban J connectivity index is 2.06. The lowest BCUT2D eigenvalue weighted by Gasteiger charge is -2.22. The third-order valence-electron chi connectivity index (χ3n) is 4.58. The van der Waals surface area contributed by atoms with E-state index in [0.717, 1.165) is 31.5 Å². The van der Waals surface area contributed by atoms with Crippen molar-refractivity contribution in [3.63, 3.8) is 0 Å². The van der Waals surface area contributed by atoms with E-state index in [1.807, 2.05) is 0 Å². The van der Waals surface area contributed by atoms with Crippen molar-refractivity contribution in [3.8, 4) is 5.69 Å². The van der Waals surface area contributed by atoms with Gasteiger partial charge in [-0.3, -0.25) is 14.7 Å². The number of carbonyl (C=O) groups excluding carboxylic acids is 1. The van der Waals surface area contributed by atoms with Gasteiger partial charge in [-0.1, -0.05) is 19.3 Å². The van der Waals surface area contributed by atoms with Gasteiger partial charge in [0.15, 0.2) is 0 Å². The molecule has 132 valence electrons. The van der Waals surface area contributed by atoms with Gasteiger partial charge >= 0.3 is 5.97 Å². The number of nitrogens with zero attached hydrogens (tertiary/aromatic N) is 3. The number of benzene rings is 1. The number of aromatic nitrogens is 2. The third-order valence-corrected chi connectivity index (χ3v) is 4.58. The summed E-state index contributed by atoms with van der Waals surface area (Å²) in [6, 6.07) is 4.30. The van der Waals surface area contributed by atoms with Crippen LogP contribution in [0.15, 0.2) is 30.6 Å². The lowest BCUT2D eigenvalue weighted by atomic mass is 9.88. The molecule has 0 N–H and O–H groups in total. The van der Waals surface area contributed by atoms with E-state index in [1.165, 1.54) is 24.6 Å². The van der Waals surface area contributed by atoms with Gasteiger partial charge < -0.3 is 4.74 Å². The summed E-state index contributed by atoms with van der Waals surface area (Å²) in [5.74, 6) is 0.622. The Kier molecular flexibility index (Phi) is 5.11. The van der Waals surface area contributed by atoms with Crippen LogP contribution >= 0.6 is 0 Å². The van der Waals surface area contributed by atoms with Gasteiger partial charge in [0.05, 0.1) is 17.1 Å². The van der Waals surface area contributed by atoms with Crippen molar-refractivity contribution in [2.75, 3.05) is 6.61 Å². The number of hydrogen-bond donors (Lipinski definition) is 0. The van der Waals surface area contributed by atoms with E-state index < -0.39 is 10.9 Å². The van der Waals surface area contributed by atoms with Crippen LogP contribution < -0.4 is 0 Å². The van der Waals surface area contributed by atoms with Crippen molar-refractivity contribution < 1.29 is 14.5 Å². The number of carbonyl (C=O) groups is 1. The maximum Gasteiger partial charge on any atom is 0.338 e. The number of ether oxygens (including phenoxy) is 1. The average Bonchev–Trinajstić information content (AvgIpc) is 3.11. The SMILES string of the molecule is CCOC(=O)c1ccc([N+](=O)[O-])c(-n2ccnc2C2CCCCC2)c1. The molecule has 2 aromatic rings. The van der Waals surface area contributed by atoms with E-state index in [2.05, 4.69) is 4.98 Å². The molecule has 1 aliphatic rings. The van der Waals surface area contributed by atoms with E-state index in [0.29, 0.717) is 11.3 Å². The minimum absolute atomic E-state index is 0.0527. The maximum atomic E-state index is 12.0. The molecule has 3 rings (SSSR count). The molecule has 25 heavy (non-hydrogen) atoms. The molecule has 1 aromatic carbocycles. The van der Waals surface area contributed by atoms with Crippen LogP contribution in [0.5, 0.6) is 0 Å². The van der Waals surface area contributed by atoms with E-state index in [9.17, 15) is 14.9 Å². The van der Waals surface area contributed by atoms with Gasteiger partial charge in [0.1, 0.15) is 11.5 Å². The molecule has 0 radical (unpaired) electrons. The highest BCUT2D eigenvalue weighted by Gasteiger charge is 2.25. The predicted octanol–water partition coefficient (Wildman–Crippen LogP) is 4.00. The van der Waals surface area contributed by atoms with Gasteiger partial charge in [-0.05, 0) is 31.9 Å². The summed E-state index contributed by atoms with van der Waals surface area (Å²) in [6.07, 6.45) is 8.94. The molecule has 7 heteroatoms. The largest absolute Gasteiger partial charge is 0.462 e. The van der Waals surface area contributed by atoms with E-state index in [4.69, 9.17) is 4.74 Å². The summed E-state index contributed by atoms with van der Waals surface area (Å²) in [7, 11) is 0. The minimum Gasteiger partial charge on any atom is -0.462 e. The molecule has 0 atom stereocenters. The first-order chi connectivity index (χ1) is 12.1. The van der Waals surface area contributed by atoms with Crippen LogP contribution in [0, 0.1) is 10.1 Å². The van der Waals surface area contributed by atoms with Crippen LogP contribution in [0.3, 0.4) is 0 Å². The highest BCUT2D eigenvalue weighted by molar-refractivity contribution is 5.90. The lowest BCUT2D eigenvalue weighted by Crippen LogP contribution is -2.13. The fourth-order valence-corrected chi connectivity index (χ4v) is 3.39. The quantitative estimate of drug-likeness (QED) is 0.465. The van der Waals surface area contributed by atoms with Crippen molar-refractivity contribution in [2.45, 2.75) is 44.9 Å². The number of nitro benzene ring substituents is 1. The normalized spacial score (nSPS) is 15.1. The topological polar surface area (TPSA) is 87.3 Å². The molecular formula is C18H21N3O4. The Morgan fingerprint density at radius 1 is 1.36 bits per heavy atom. The van der Waals surface area contributed by atoms with Crippen LogP contribution in [0.4, 0.5) is 5.69 Å². The molecule has 1 heterocycles. The second-order valence-corrected chi connectivity index (χ2v) is 6.17. The predicted molar refractivity (Wildman–Crippen MR) is 92.0 cm³/mol. The summed E-state index contributed by atoms with van der Waals surface area (Å²) >= 11 is 0. The Labute approximate surface area is 145 Å². The van der Waals surface area contributed by atoms with Gasteiger partial charge in [0.25, 0.3) is 5.69 Å². The summed E-state index contributed by atoms with van der Waals surface area (Å²) in [4.78, 5) is 27.5. The monoisotopic (exact) mass is 343 g/mol. The van der Waals surface area contributed by atoms with Gasteiger partial charge in [-0.2, -0.15) is 0 Å². The molecule has 0 bridgehead atoms. The van der Waals surface area contributed by atoms with E-state index in [1.54, 1.807) is 23.9 Å². The molecule has 7 nitrogen and oxygen atoms in total. The van der Waals surface area contributed by atoms with Gasteiger partial charge in [0, 0.05) is 24.4 Å². The van der Waals surface area contributed by atoms with Crippen molar-refractivity contribution >= 4 is 11.7 Å². The summed E-state index contributed by atoms with van der Waals surface area (Å²) in [5.41, 5.74) is 0.600. The molecule has 1 fully saturated rings. The smallest absolute Gasteiger partial charge is 0.338 e. The van der Waals surface area contributed by atoms with Crippen molar-refractivity contribution in [3.05, 3.63) is 52.1 Å². The van der Waals surface area contributed by atoms with Crippen LogP contribution in [0.25, 0.3) is 5.69 Å². The Bertz CT molecular complexity index is 778. The Hall–Kier alpha value is -2.70. The molecule has 0 spiro atoms. The Morgan fingerprint density at radius 2 is 2.12 bits per heavy atom. The van der Waals surface area contributed by atoms with E-state index >= 15 is 0 Å². The maximum absolute atomic E-state index is 12.0. The highest BCUT2D eigenvalue weighted by atomic mass is 16.6. The number of rotatable bonds is 5. The zero-order valence-corrected chi connectivity index (χ0v) is 14.2. The van der Waals surface area contributed by atoms with Crippen LogP contribution in [0.1, 0.15) is 61.1 Å². The van der Waals surface area contributed by atoms with Gasteiger partial charge in [-0.15, -0.1) is 0 Å². The third kappa shape index (κ3) is 3.55. The highest BCUT2D eigenvalue weighted by Crippen LogP contribution is 2.34. The van der Waals surface area contributed by atoms with Crippen molar-refractivity contribution in [1.82, 2.24) is 9.55 Å². The number of hydrogen-bond acceptors (Lipinski definition) is 5. The fourth-order valence-electron chi connectivity index (χ4n) is 3.39. The van der Waals surface area contributed by atoms with E-state index in [-0.39, 0.29) is 18.2 Å². The summed E-state index contributed by atoms with van der Waals surface area (Å²) in [5, 5.41) is 11.5. The molecule has 0 saturated heterocycles. The van der Waals surface area contributed by atoms with Crippen LogP contribution in [-0.2, 0) is 4.74 Å². The van der Waals surface area contributed by atoms with Gasteiger partial charge in [0.2, 0.25) is 0 Å². The average molecular weight is 343 g/mol. The molecule has 0 aliphatic heterocycles. The van der Waals surface area contributed by atoms with Crippen LogP contribution in [0.2, 0.25) is 0 Å². The Morgan fingerprint density at radius 3 is 2.80 bits per heavy atom. The lowest BCUT2D eigenvalue weighted by molar-refractivity contribution is -0.384. The second-order valence-electron chi connectivity index (χ2n) is 6.17. The molecular weight excluding hydrogens is 322 g/mol. The minimum atomic E-state index is -0.488. The summed E-state index contributed by atoms with van der Waals surface area (Å²) in [6.45, 7) is 1.98. The molecule has 0 unspecified atom stereocenters.